The number of hydrogen-bond acceptors (Lipinski definition) is 7. The molecule has 148 valence electrons. The molecule has 4 N–H and O–H groups in total. The van der Waals surface area contributed by atoms with Crippen LogP contribution >= 0.6 is 0 Å². The van der Waals surface area contributed by atoms with E-state index in [4.69, 9.17) is 14.2 Å². The van der Waals surface area contributed by atoms with E-state index < -0.39 is 37.3 Å². The molecule has 7 heteroatoms. The minimum atomic E-state index is -1.47. The van der Waals surface area contributed by atoms with E-state index in [1.54, 1.807) is 0 Å². The van der Waals surface area contributed by atoms with Crippen molar-refractivity contribution in [1.29, 1.82) is 0 Å². The summed E-state index contributed by atoms with van der Waals surface area (Å²) in [7, 11) is 0. The van der Waals surface area contributed by atoms with Gasteiger partial charge in [-0.05, 0) is 49.9 Å². The predicted octanol–water partition coefficient (Wildman–Crippen LogP) is 0.969. The van der Waals surface area contributed by atoms with E-state index in [1.807, 2.05) is 26.8 Å². The van der Waals surface area contributed by atoms with Gasteiger partial charge in [0.15, 0.2) is 0 Å². The lowest BCUT2D eigenvalue weighted by atomic mass is 9.99. The van der Waals surface area contributed by atoms with Gasteiger partial charge in [-0.3, -0.25) is 0 Å². The molecule has 0 radical (unpaired) electrons. The zero-order valence-corrected chi connectivity index (χ0v) is 15.8. The molecule has 0 aromatic heterocycles. The zero-order chi connectivity index (χ0) is 19.4. The van der Waals surface area contributed by atoms with Gasteiger partial charge in [-0.25, -0.2) is 0 Å². The lowest BCUT2D eigenvalue weighted by Crippen LogP contribution is -2.60. The van der Waals surface area contributed by atoms with Crippen molar-refractivity contribution >= 4 is 0 Å². The van der Waals surface area contributed by atoms with Crippen molar-refractivity contribution in [2.75, 3.05) is 13.2 Å². The molecular weight excluding hydrogens is 340 g/mol. The van der Waals surface area contributed by atoms with E-state index >= 15 is 0 Å². The second kappa shape index (κ2) is 9.01. The van der Waals surface area contributed by atoms with Gasteiger partial charge in [0.05, 0.1) is 13.2 Å². The van der Waals surface area contributed by atoms with Gasteiger partial charge < -0.3 is 34.6 Å². The molecule has 0 unspecified atom stereocenters. The molecule has 0 spiro atoms. The molecule has 5 atom stereocenters. The van der Waals surface area contributed by atoms with Crippen LogP contribution in [0.3, 0.4) is 0 Å². The van der Waals surface area contributed by atoms with Gasteiger partial charge in [0.2, 0.25) is 6.29 Å². The van der Waals surface area contributed by atoms with Crippen LogP contribution in [-0.4, -0.2) is 64.3 Å². The first-order valence-corrected chi connectivity index (χ1v) is 9.02. The Hall–Kier alpha value is -1.38. The summed E-state index contributed by atoms with van der Waals surface area (Å²) in [6, 6.07) is 1.87. The van der Waals surface area contributed by atoms with Gasteiger partial charge in [-0.15, -0.1) is 0 Å². The van der Waals surface area contributed by atoms with Gasteiger partial charge in [-0.2, -0.15) is 0 Å². The summed E-state index contributed by atoms with van der Waals surface area (Å²) in [4.78, 5) is 0. The van der Waals surface area contributed by atoms with Crippen molar-refractivity contribution in [2.24, 2.45) is 0 Å². The largest absolute Gasteiger partial charge is 0.493 e. The molecule has 7 nitrogen and oxygen atoms in total. The molecular formula is C19H30O7. The Morgan fingerprint density at radius 2 is 1.73 bits per heavy atom. The number of aliphatic hydroxyl groups excluding tert-OH is 4. The van der Waals surface area contributed by atoms with Crippen LogP contribution in [0.25, 0.3) is 0 Å². The van der Waals surface area contributed by atoms with Gasteiger partial charge in [0.25, 0.3) is 0 Å². The average molecular weight is 370 g/mol. The van der Waals surface area contributed by atoms with Crippen LogP contribution in [0.4, 0.5) is 0 Å². The zero-order valence-electron chi connectivity index (χ0n) is 15.8. The summed E-state index contributed by atoms with van der Waals surface area (Å²) in [5.41, 5.74) is 2.57. The van der Waals surface area contributed by atoms with Crippen molar-refractivity contribution in [3.8, 4) is 11.5 Å². The molecule has 0 amide bonds. The fourth-order valence-electron chi connectivity index (χ4n) is 2.96. The number of aliphatic hydroxyl groups is 4. The highest BCUT2D eigenvalue weighted by molar-refractivity contribution is 5.52. The van der Waals surface area contributed by atoms with Crippen molar-refractivity contribution < 1.29 is 34.6 Å². The molecule has 0 aliphatic carbocycles. The van der Waals surface area contributed by atoms with Crippen molar-refractivity contribution in [1.82, 2.24) is 0 Å². The number of aryl methyl sites for hydroxylation is 1. The number of unbranched alkanes of at least 4 members (excludes halogenated alkanes) is 1. The average Bonchev–Trinajstić information content (AvgIpc) is 2.62. The van der Waals surface area contributed by atoms with Crippen LogP contribution in [0.2, 0.25) is 0 Å². The molecule has 26 heavy (non-hydrogen) atoms. The summed E-state index contributed by atoms with van der Waals surface area (Å²) in [5, 5.41) is 39.2. The second-order valence-corrected chi connectivity index (χ2v) is 6.79. The Kier molecular flexibility index (Phi) is 7.25. The molecule has 1 aromatic carbocycles. The van der Waals surface area contributed by atoms with Crippen LogP contribution in [0.15, 0.2) is 6.07 Å². The quantitative estimate of drug-likeness (QED) is 0.530. The maximum absolute atomic E-state index is 10.2. The molecule has 2 rings (SSSR count). The highest BCUT2D eigenvalue weighted by atomic mass is 16.7. The van der Waals surface area contributed by atoms with Crippen LogP contribution < -0.4 is 9.47 Å². The standard InChI is InChI=1S/C19H30O7/c1-5-6-7-24-13-8-10(2)18(12(4)11(13)3)26-19-17(23)16(22)15(21)14(9-20)25-19/h8,14-17,19-23H,5-7,9H2,1-4H3/t14-,15-,16+,17+,19-/m1/s1. The highest BCUT2D eigenvalue weighted by Gasteiger charge is 2.45. The van der Waals surface area contributed by atoms with Gasteiger partial charge in [0.1, 0.15) is 35.9 Å². The minimum Gasteiger partial charge on any atom is -0.493 e. The monoisotopic (exact) mass is 370 g/mol. The SMILES string of the molecule is CCCCOc1cc(C)c(O[C@H]2O[C@H](CO)[C@@H](O)[C@H](O)[C@@H]2O)c(C)c1C. The fraction of sp³-hybridized carbons (Fsp3) is 0.684. The summed E-state index contributed by atoms with van der Waals surface area (Å²) < 4.78 is 17.1. The summed E-state index contributed by atoms with van der Waals surface area (Å²) in [6.45, 7) is 7.92. The summed E-state index contributed by atoms with van der Waals surface area (Å²) in [5.74, 6) is 1.31. The Balaban J connectivity index is 2.22. The maximum Gasteiger partial charge on any atom is 0.229 e. The van der Waals surface area contributed by atoms with Gasteiger partial charge in [-0.1, -0.05) is 13.3 Å². The van der Waals surface area contributed by atoms with Crippen LogP contribution in [0, 0.1) is 20.8 Å². The molecule has 1 saturated heterocycles. The number of hydrogen-bond donors (Lipinski definition) is 4. The molecule has 1 fully saturated rings. The van der Waals surface area contributed by atoms with E-state index in [1.165, 1.54) is 0 Å². The Bertz CT molecular complexity index is 602. The Morgan fingerprint density at radius 3 is 2.35 bits per heavy atom. The first kappa shape index (κ1) is 20.9. The lowest BCUT2D eigenvalue weighted by molar-refractivity contribution is -0.277. The first-order valence-electron chi connectivity index (χ1n) is 9.02. The smallest absolute Gasteiger partial charge is 0.229 e. The van der Waals surface area contributed by atoms with Gasteiger partial charge >= 0.3 is 0 Å². The van der Waals surface area contributed by atoms with Crippen molar-refractivity contribution in [3.63, 3.8) is 0 Å². The van der Waals surface area contributed by atoms with Crippen LogP contribution in [0.5, 0.6) is 11.5 Å². The minimum absolute atomic E-state index is 0.494. The first-order chi connectivity index (χ1) is 12.3. The van der Waals surface area contributed by atoms with E-state index in [9.17, 15) is 20.4 Å². The van der Waals surface area contributed by atoms with Crippen molar-refractivity contribution in [2.45, 2.75) is 71.2 Å². The lowest BCUT2D eigenvalue weighted by Gasteiger charge is -2.40. The van der Waals surface area contributed by atoms with Crippen molar-refractivity contribution in [3.05, 3.63) is 22.8 Å². The van der Waals surface area contributed by atoms with E-state index in [0.717, 1.165) is 35.3 Å². The normalized spacial score (nSPS) is 28.8. The molecule has 1 heterocycles. The molecule has 0 saturated carbocycles. The number of rotatable bonds is 7. The number of ether oxygens (including phenoxy) is 3. The van der Waals surface area contributed by atoms with Crippen LogP contribution in [0.1, 0.15) is 36.5 Å². The molecule has 0 bridgehead atoms. The fourth-order valence-corrected chi connectivity index (χ4v) is 2.96. The number of benzene rings is 1. The Morgan fingerprint density at radius 1 is 1.04 bits per heavy atom. The van der Waals surface area contributed by atoms with E-state index in [2.05, 4.69) is 6.92 Å². The maximum atomic E-state index is 10.2. The Labute approximate surface area is 154 Å². The van der Waals surface area contributed by atoms with Gasteiger partial charge in [0, 0.05) is 0 Å². The van der Waals surface area contributed by atoms with E-state index in [0.29, 0.717) is 12.4 Å². The molecule has 1 aromatic rings. The van der Waals surface area contributed by atoms with Crippen LogP contribution in [-0.2, 0) is 4.74 Å². The topological polar surface area (TPSA) is 109 Å². The molecule has 1 aliphatic heterocycles. The third kappa shape index (κ3) is 4.29. The third-order valence-corrected chi connectivity index (χ3v) is 4.82. The predicted molar refractivity (Wildman–Crippen MR) is 95.5 cm³/mol. The van der Waals surface area contributed by atoms with E-state index in [-0.39, 0.29) is 0 Å². The summed E-state index contributed by atoms with van der Waals surface area (Å²) >= 11 is 0. The summed E-state index contributed by atoms with van der Waals surface area (Å²) in [6.07, 6.45) is -4.49. The second-order valence-electron chi connectivity index (χ2n) is 6.79. The molecule has 1 aliphatic rings. The third-order valence-electron chi connectivity index (χ3n) is 4.82. The highest BCUT2D eigenvalue weighted by Crippen LogP contribution is 2.35.